The van der Waals surface area contributed by atoms with E-state index in [4.69, 9.17) is 9.47 Å². The second-order valence-corrected chi connectivity index (χ2v) is 6.98. The van der Waals surface area contributed by atoms with Gasteiger partial charge in [-0.2, -0.15) is 0 Å². The molecular formula is C24H21FN4O3. The second kappa shape index (κ2) is 8.89. The van der Waals surface area contributed by atoms with Crippen LogP contribution in [-0.4, -0.2) is 34.9 Å². The van der Waals surface area contributed by atoms with Crippen molar-refractivity contribution in [2.45, 2.75) is 6.92 Å². The summed E-state index contributed by atoms with van der Waals surface area (Å²) in [5, 5.41) is 7.24. The molecule has 0 aliphatic rings. The maximum Gasteiger partial charge on any atom is 0.295 e. The van der Waals surface area contributed by atoms with Crippen molar-refractivity contribution in [1.82, 2.24) is 14.8 Å². The van der Waals surface area contributed by atoms with Crippen molar-refractivity contribution in [3.05, 3.63) is 83.9 Å². The van der Waals surface area contributed by atoms with Crippen molar-refractivity contribution in [1.29, 1.82) is 0 Å². The first kappa shape index (κ1) is 21.0. The third-order valence-electron chi connectivity index (χ3n) is 4.91. The molecule has 0 spiro atoms. The van der Waals surface area contributed by atoms with Crippen LogP contribution in [0, 0.1) is 12.7 Å². The van der Waals surface area contributed by atoms with Gasteiger partial charge in [-0.3, -0.25) is 4.79 Å². The fraction of sp³-hybridized carbons (Fsp3) is 0.125. The molecular weight excluding hydrogens is 411 g/mol. The topological polar surface area (TPSA) is 78.3 Å². The summed E-state index contributed by atoms with van der Waals surface area (Å²) in [6, 6.07) is 18.5. The highest BCUT2D eigenvalue weighted by atomic mass is 19.1. The number of carbonyl (C=O) groups is 1. The molecule has 7 nitrogen and oxygen atoms in total. The second-order valence-electron chi connectivity index (χ2n) is 6.98. The summed E-state index contributed by atoms with van der Waals surface area (Å²) in [5.74, 6) is 0.522. The summed E-state index contributed by atoms with van der Waals surface area (Å²) < 4.78 is 25.6. The van der Waals surface area contributed by atoms with E-state index in [0.717, 1.165) is 11.3 Å². The zero-order valence-electron chi connectivity index (χ0n) is 17.8. The quantitative estimate of drug-likeness (QED) is 0.480. The SMILES string of the molecule is COc1ccc(OC)c(NC(=O)c2nc(-c3ccc(F)cc3)n(-c3ccccc3C)n2)c1. The lowest BCUT2D eigenvalue weighted by atomic mass is 10.1. The predicted octanol–water partition coefficient (Wildman–Crippen LogP) is 4.65. The Labute approximate surface area is 184 Å². The molecule has 1 aromatic heterocycles. The van der Waals surface area contributed by atoms with Gasteiger partial charge in [0.25, 0.3) is 5.91 Å². The van der Waals surface area contributed by atoms with Gasteiger partial charge in [0.1, 0.15) is 17.3 Å². The van der Waals surface area contributed by atoms with Gasteiger partial charge in [-0.25, -0.2) is 14.1 Å². The van der Waals surface area contributed by atoms with Crippen LogP contribution in [0.5, 0.6) is 11.5 Å². The number of hydrogen-bond acceptors (Lipinski definition) is 5. The summed E-state index contributed by atoms with van der Waals surface area (Å²) in [6.07, 6.45) is 0. The maximum absolute atomic E-state index is 13.5. The highest BCUT2D eigenvalue weighted by Gasteiger charge is 2.21. The average molecular weight is 432 g/mol. The van der Waals surface area contributed by atoms with Gasteiger partial charge < -0.3 is 14.8 Å². The molecule has 0 saturated heterocycles. The molecule has 162 valence electrons. The average Bonchev–Trinajstić information content (AvgIpc) is 3.25. The summed E-state index contributed by atoms with van der Waals surface area (Å²) >= 11 is 0. The molecule has 0 fully saturated rings. The van der Waals surface area contributed by atoms with Crippen LogP contribution in [0.1, 0.15) is 16.2 Å². The van der Waals surface area contributed by atoms with E-state index in [-0.39, 0.29) is 11.6 Å². The molecule has 3 aromatic carbocycles. The number of benzene rings is 3. The van der Waals surface area contributed by atoms with E-state index in [9.17, 15) is 9.18 Å². The maximum atomic E-state index is 13.5. The van der Waals surface area contributed by atoms with Gasteiger partial charge in [0.15, 0.2) is 5.82 Å². The molecule has 0 aliphatic heterocycles. The first-order valence-electron chi connectivity index (χ1n) is 9.82. The van der Waals surface area contributed by atoms with E-state index in [1.807, 2.05) is 31.2 Å². The van der Waals surface area contributed by atoms with Crippen molar-refractivity contribution in [2.75, 3.05) is 19.5 Å². The lowest BCUT2D eigenvalue weighted by molar-refractivity contribution is 0.101. The number of aromatic nitrogens is 3. The van der Waals surface area contributed by atoms with Crippen LogP contribution in [0.2, 0.25) is 0 Å². The zero-order valence-corrected chi connectivity index (χ0v) is 17.8. The van der Waals surface area contributed by atoms with Gasteiger partial charge in [-0.15, -0.1) is 5.10 Å². The van der Waals surface area contributed by atoms with Crippen molar-refractivity contribution < 1.29 is 18.7 Å². The van der Waals surface area contributed by atoms with E-state index in [2.05, 4.69) is 15.4 Å². The third-order valence-corrected chi connectivity index (χ3v) is 4.91. The van der Waals surface area contributed by atoms with Gasteiger partial charge in [0.05, 0.1) is 25.6 Å². The van der Waals surface area contributed by atoms with Crippen LogP contribution in [0.4, 0.5) is 10.1 Å². The van der Waals surface area contributed by atoms with E-state index >= 15 is 0 Å². The number of anilines is 1. The number of halogens is 1. The monoisotopic (exact) mass is 432 g/mol. The van der Waals surface area contributed by atoms with Gasteiger partial charge >= 0.3 is 0 Å². The van der Waals surface area contributed by atoms with Crippen LogP contribution >= 0.6 is 0 Å². The van der Waals surface area contributed by atoms with Crippen LogP contribution in [0.15, 0.2) is 66.7 Å². The summed E-state index contributed by atoms with van der Waals surface area (Å²) in [6.45, 7) is 1.94. The lowest BCUT2D eigenvalue weighted by Gasteiger charge is -2.10. The fourth-order valence-corrected chi connectivity index (χ4v) is 3.25. The number of rotatable bonds is 6. The molecule has 0 radical (unpaired) electrons. The number of carbonyl (C=O) groups excluding carboxylic acids is 1. The largest absolute Gasteiger partial charge is 0.497 e. The normalized spacial score (nSPS) is 10.6. The number of hydrogen-bond donors (Lipinski definition) is 1. The lowest BCUT2D eigenvalue weighted by Crippen LogP contribution is -2.15. The summed E-state index contributed by atoms with van der Waals surface area (Å²) in [4.78, 5) is 17.5. The number of amides is 1. The number of aryl methyl sites for hydroxylation is 1. The zero-order chi connectivity index (χ0) is 22.7. The molecule has 0 bridgehead atoms. The van der Waals surface area contributed by atoms with Gasteiger partial charge in [-0.05, 0) is 55.0 Å². The third kappa shape index (κ3) is 4.15. The molecule has 4 aromatic rings. The number of para-hydroxylation sites is 1. The molecule has 32 heavy (non-hydrogen) atoms. The van der Waals surface area contributed by atoms with Crippen LogP contribution in [-0.2, 0) is 0 Å². The number of methoxy groups -OCH3 is 2. The number of nitrogens with one attached hydrogen (secondary N) is 1. The Bertz CT molecular complexity index is 1270. The summed E-state index contributed by atoms with van der Waals surface area (Å²) in [7, 11) is 3.04. The Balaban J connectivity index is 1.77. The predicted molar refractivity (Wildman–Crippen MR) is 119 cm³/mol. The van der Waals surface area contributed by atoms with Crippen molar-refractivity contribution in [3.8, 4) is 28.6 Å². The van der Waals surface area contributed by atoms with Crippen LogP contribution < -0.4 is 14.8 Å². The minimum Gasteiger partial charge on any atom is -0.497 e. The molecule has 0 aliphatic carbocycles. The molecule has 8 heteroatoms. The van der Waals surface area contributed by atoms with E-state index in [1.165, 1.54) is 26.4 Å². The molecule has 0 unspecified atom stereocenters. The molecule has 0 atom stereocenters. The smallest absolute Gasteiger partial charge is 0.295 e. The first-order valence-corrected chi connectivity index (χ1v) is 9.82. The van der Waals surface area contributed by atoms with Crippen LogP contribution in [0.25, 0.3) is 17.1 Å². The Morgan fingerprint density at radius 1 is 1.00 bits per heavy atom. The Kier molecular flexibility index (Phi) is 5.85. The Morgan fingerprint density at radius 3 is 2.44 bits per heavy atom. The Morgan fingerprint density at radius 2 is 1.75 bits per heavy atom. The molecule has 1 N–H and O–H groups in total. The van der Waals surface area contributed by atoms with Gasteiger partial charge in [0, 0.05) is 11.6 Å². The molecule has 1 amide bonds. The van der Waals surface area contributed by atoms with E-state index in [1.54, 1.807) is 35.0 Å². The standard InChI is InChI=1S/C24H21FN4O3/c1-15-6-4-5-7-20(15)29-23(16-8-10-17(25)11-9-16)27-22(28-29)24(30)26-19-14-18(31-2)12-13-21(19)32-3/h4-14H,1-3H3,(H,26,30). The molecule has 4 rings (SSSR count). The molecule has 1 heterocycles. The van der Waals surface area contributed by atoms with E-state index < -0.39 is 5.91 Å². The highest BCUT2D eigenvalue weighted by molar-refractivity contribution is 6.02. The molecule has 0 saturated carbocycles. The Hall–Kier alpha value is -4.20. The highest BCUT2D eigenvalue weighted by Crippen LogP contribution is 2.30. The number of nitrogens with zero attached hydrogens (tertiary/aromatic N) is 3. The first-order chi connectivity index (χ1) is 15.5. The fourth-order valence-electron chi connectivity index (χ4n) is 3.25. The number of ether oxygens (including phenoxy) is 2. The van der Waals surface area contributed by atoms with E-state index in [0.29, 0.717) is 28.6 Å². The van der Waals surface area contributed by atoms with Crippen molar-refractivity contribution in [2.24, 2.45) is 0 Å². The van der Waals surface area contributed by atoms with Crippen molar-refractivity contribution in [3.63, 3.8) is 0 Å². The van der Waals surface area contributed by atoms with Gasteiger partial charge in [-0.1, -0.05) is 18.2 Å². The minimum absolute atomic E-state index is 0.0440. The van der Waals surface area contributed by atoms with Crippen LogP contribution in [0.3, 0.4) is 0 Å². The summed E-state index contributed by atoms with van der Waals surface area (Å²) in [5.41, 5.74) is 2.76. The van der Waals surface area contributed by atoms with Gasteiger partial charge in [0.2, 0.25) is 5.82 Å². The van der Waals surface area contributed by atoms with Crippen molar-refractivity contribution >= 4 is 11.6 Å². The minimum atomic E-state index is -0.521.